The Morgan fingerprint density at radius 2 is 1.90 bits per heavy atom. The molecular formula is C23H20F2N4O2. The molecule has 0 aliphatic rings. The van der Waals surface area contributed by atoms with E-state index in [9.17, 15) is 13.6 Å². The van der Waals surface area contributed by atoms with Gasteiger partial charge in [0.1, 0.15) is 11.6 Å². The van der Waals surface area contributed by atoms with Gasteiger partial charge >= 0.3 is 0 Å². The summed E-state index contributed by atoms with van der Waals surface area (Å²) in [6.45, 7) is 3.65. The molecule has 2 aromatic carbocycles. The molecule has 0 unspecified atom stereocenters. The maximum absolute atomic E-state index is 14.1. The van der Waals surface area contributed by atoms with Gasteiger partial charge < -0.3 is 10.1 Å². The summed E-state index contributed by atoms with van der Waals surface area (Å²) in [5.74, 6) is -1.29. The highest BCUT2D eigenvalue weighted by atomic mass is 19.1. The molecule has 0 bridgehead atoms. The Kier molecular flexibility index (Phi) is 5.37. The number of benzene rings is 2. The zero-order chi connectivity index (χ0) is 22.1. The second-order valence-corrected chi connectivity index (χ2v) is 7.12. The van der Waals surface area contributed by atoms with Crippen molar-refractivity contribution >= 4 is 22.5 Å². The van der Waals surface area contributed by atoms with Gasteiger partial charge in [-0.25, -0.2) is 13.8 Å². The molecule has 1 N–H and O–H groups in total. The van der Waals surface area contributed by atoms with Gasteiger partial charge in [-0.1, -0.05) is 24.3 Å². The molecule has 2 aromatic heterocycles. The van der Waals surface area contributed by atoms with Crippen LogP contribution in [0.1, 0.15) is 27.3 Å². The third-order valence-electron chi connectivity index (χ3n) is 5.10. The maximum atomic E-state index is 14.1. The number of hydrogen-bond donors (Lipinski definition) is 1. The Labute approximate surface area is 177 Å². The Bertz CT molecular complexity index is 1300. The summed E-state index contributed by atoms with van der Waals surface area (Å²) in [7, 11) is 1.49. The number of fused-ring (bicyclic) bond motifs is 1. The van der Waals surface area contributed by atoms with Crippen LogP contribution in [0.3, 0.4) is 0 Å². The minimum absolute atomic E-state index is 0.112. The number of anilines is 1. The van der Waals surface area contributed by atoms with Crippen LogP contribution in [0, 0.1) is 25.5 Å². The Balaban J connectivity index is 1.66. The van der Waals surface area contributed by atoms with Crippen molar-refractivity contribution in [2.45, 2.75) is 20.4 Å². The van der Waals surface area contributed by atoms with Crippen LogP contribution < -0.4 is 10.1 Å². The number of ether oxygens (including phenoxy) is 1. The summed E-state index contributed by atoms with van der Waals surface area (Å²) in [6, 6.07) is 12.3. The number of hydrogen-bond acceptors (Lipinski definition) is 4. The first kappa shape index (κ1) is 20.5. The number of halogens is 2. The molecule has 0 atom stereocenters. The van der Waals surface area contributed by atoms with Gasteiger partial charge in [0.05, 0.1) is 41.8 Å². The average Bonchev–Trinajstić information content (AvgIpc) is 3.02. The van der Waals surface area contributed by atoms with Gasteiger partial charge in [-0.05, 0) is 26.0 Å². The molecule has 2 heterocycles. The number of nitrogens with one attached hydrogen (secondary N) is 1. The highest BCUT2D eigenvalue weighted by Crippen LogP contribution is 2.26. The van der Waals surface area contributed by atoms with Crippen LogP contribution in [0.4, 0.5) is 14.5 Å². The van der Waals surface area contributed by atoms with Crippen LogP contribution in [0.25, 0.3) is 10.9 Å². The molecule has 158 valence electrons. The van der Waals surface area contributed by atoms with Crippen molar-refractivity contribution in [3.8, 4) is 5.88 Å². The molecule has 0 spiro atoms. The lowest BCUT2D eigenvalue weighted by atomic mass is 10.1. The number of para-hydroxylation sites is 1. The van der Waals surface area contributed by atoms with Crippen LogP contribution in [0.15, 0.2) is 48.5 Å². The van der Waals surface area contributed by atoms with E-state index in [-0.39, 0.29) is 12.5 Å². The molecule has 0 fully saturated rings. The first-order valence-corrected chi connectivity index (χ1v) is 9.60. The molecule has 6 nitrogen and oxygen atoms in total. The Morgan fingerprint density at radius 1 is 1.13 bits per heavy atom. The minimum Gasteiger partial charge on any atom is -0.481 e. The van der Waals surface area contributed by atoms with E-state index in [0.717, 1.165) is 6.07 Å². The smallest absolute Gasteiger partial charge is 0.256 e. The van der Waals surface area contributed by atoms with E-state index in [1.165, 1.54) is 19.2 Å². The summed E-state index contributed by atoms with van der Waals surface area (Å²) in [5.41, 5.74) is 3.13. The number of carbonyl (C=O) groups excluding carboxylic acids is 1. The molecule has 0 radical (unpaired) electrons. The van der Waals surface area contributed by atoms with E-state index in [4.69, 9.17) is 4.74 Å². The topological polar surface area (TPSA) is 69.0 Å². The molecule has 0 saturated heterocycles. The molecule has 0 aliphatic heterocycles. The highest BCUT2D eigenvalue weighted by molar-refractivity contribution is 6.13. The molecule has 8 heteroatoms. The Hall–Kier alpha value is -3.81. The van der Waals surface area contributed by atoms with Crippen LogP contribution in [-0.2, 0) is 6.54 Å². The van der Waals surface area contributed by atoms with Crippen molar-refractivity contribution in [3.05, 3.63) is 82.7 Å². The predicted octanol–water partition coefficient (Wildman–Crippen LogP) is 4.64. The molecule has 0 aliphatic carbocycles. The second kappa shape index (κ2) is 8.14. The number of methoxy groups -OCH3 is 1. The van der Waals surface area contributed by atoms with Crippen molar-refractivity contribution in [2.24, 2.45) is 0 Å². The number of aryl methyl sites for hydroxylation is 1. The molecule has 4 rings (SSSR count). The van der Waals surface area contributed by atoms with Gasteiger partial charge in [-0.3, -0.25) is 9.48 Å². The van der Waals surface area contributed by atoms with E-state index >= 15 is 0 Å². The fourth-order valence-electron chi connectivity index (χ4n) is 3.47. The summed E-state index contributed by atoms with van der Waals surface area (Å²) >= 11 is 0. The molecule has 0 saturated carbocycles. The van der Waals surface area contributed by atoms with E-state index in [1.54, 1.807) is 30.7 Å². The van der Waals surface area contributed by atoms with Crippen LogP contribution in [0.2, 0.25) is 0 Å². The first-order chi connectivity index (χ1) is 14.9. The van der Waals surface area contributed by atoms with E-state index in [2.05, 4.69) is 15.4 Å². The SMILES string of the molecule is COc1cc(C(=O)Nc2c(C)nn(Cc3ccc(F)cc3F)c2C)c2ccccc2n1. The van der Waals surface area contributed by atoms with E-state index in [1.807, 2.05) is 18.2 Å². The predicted molar refractivity (Wildman–Crippen MR) is 113 cm³/mol. The second-order valence-electron chi connectivity index (χ2n) is 7.12. The monoisotopic (exact) mass is 422 g/mol. The molecular weight excluding hydrogens is 402 g/mol. The maximum Gasteiger partial charge on any atom is 0.256 e. The summed E-state index contributed by atoms with van der Waals surface area (Å²) < 4.78 is 34.0. The zero-order valence-corrected chi connectivity index (χ0v) is 17.2. The fraction of sp³-hybridized carbons (Fsp3) is 0.174. The van der Waals surface area contributed by atoms with Crippen molar-refractivity contribution in [1.29, 1.82) is 0 Å². The van der Waals surface area contributed by atoms with Crippen molar-refractivity contribution in [2.75, 3.05) is 12.4 Å². The third kappa shape index (κ3) is 3.96. The lowest BCUT2D eigenvalue weighted by Gasteiger charge is -2.11. The van der Waals surface area contributed by atoms with Gasteiger partial charge in [-0.15, -0.1) is 0 Å². The van der Waals surface area contributed by atoms with Gasteiger partial charge in [0.2, 0.25) is 5.88 Å². The third-order valence-corrected chi connectivity index (χ3v) is 5.10. The zero-order valence-electron chi connectivity index (χ0n) is 17.2. The number of amides is 1. The summed E-state index contributed by atoms with van der Waals surface area (Å²) in [6.07, 6.45) is 0. The largest absolute Gasteiger partial charge is 0.481 e. The highest BCUT2D eigenvalue weighted by Gasteiger charge is 2.19. The quantitative estimate of drug-likeness (QED) is 0.509. The summed E-state index contributed by atoms with van der Waals surface area (Å²) in [5, 5.41) is 8.02. The van der Waals surface area contributed by atoms with Crippen molar-refractivity contribution in [1.82, 2.24) is 14.8 Å². The average molecular weight is 422 g/mol. The van der Waals surface area contributed by atoms with Gasteiger partial charge in [-0.2, -0.15) is 5.10 Å². The standard InChI is InChI=1S/C23H20F2N4O2/c1-13-22(14(2)29(28-13)12-15-8-9-16(24)10-19(15)25)27-23(30)18-11-21(31-3)26-20-7-5-4-6-17(18)20/h4-11H,12H2,1-3H3,(H,27,30). The normalized spacial score (nSPS) is 11.0. The lowest BCUT2D eigenvalue weighted by Crippen LogP contribution is -2.14. The molecule has 1 amide bonds. The fourth-order valence-corrected chi connectivity index (χ4v) is 3.47. The van der Waals surface area contributed by atoms with Gasteiger partial charge in [0.25, 0.3) is 5.91 Å². The van der Waals surface area contributed by atoms with E-state index in [0.29, 0.717) is 45.0 Å². The number of nitrogens with zero attached hydrogens (tertiary/aromatic N) is 3. The number of rotatable bonds is 5. The van der Waals surface area contributed by atoms with Crippen molar-refractivity contribution < 1.29 is 18.3 Å². The summed E-state index contributed by atoms with van der Waals surface area (Å²) in [4.78, 5) is 17.5. The van der Waals surface area contributed by atoms with E-state index < -0.39 is 11.6 Å². The van der Waals surface area contributed by atoms with Crippen LogP contribution >= 0.6 is 0 Å². The minimum atomic E-state index is -0.645. The Morgan fingerprint density at radius 3 is 2.65 bits per heavy atom. The van der Waals surface area contributed by atoms with Gasteiger partial charge in [0, 0.05) is 23.1 Å². The van der Waals surface area contributed by atoms with Crippen LogP contribution in [0.5, 0.6) is 5.88 Å². The van der Waals surface area contributed by atoms with Gasteiger partial charge in [0.15, 0.2) is 0 Å². The number of aromatic nitrogens is 3. The molecule has 4 aromatic rings. The van der Waals surface area contributed by atoms with Crippen molar-refractivity contribution in [3.63, 3.8) is 0 Å². The number of pyridine rings is 1. The first-order valence-electron chi connectivity index (χ1n) is 9.60. The molecule has 31 heavy (non-hydrogen) atoms. The van der Waals surface area contributed by atoms with Crippen LogP contribution in [-0.4, -0.2) is 27.8 Å². The lowest BCUT2D eigenvalue weighted by molar-refractivity contribution is 0.102. The number of carbonyl (C=O) groups is 1.